The Labute approximate surface area is 330 Å². The summed E-state index contributed by atoms with van der Waals surface area (Å²) in [5.41, 5.74) is 9.51. The summed E-state index contributed by atoms with van der Waals surface area (Å²) in [6.07, 6.45) is 0.375. The van der Waals surface area contributed by atoms with E-state index in [2.05, 4.69) is 16.2 Å². The topological polar surface area (TPSA) is 126 Å². The van der Waals surface area contributed by atoms with Gasteiger partial charge in [0.2, 0.25) is 5.91 Å². The number of amides is 1. The molecule has 8 nitrogen and oxygen atoms in total. The molecule has 0 radical (unpaired) electrons. The smallest absolute Gasteiger partial charge is 0.326 e. The molecule has 9 heteroatoms. The van der Waals surface area contributed by atoms with E-state index < -0.39 is 15.3 Å². The number of nitriles is 1. The van der Waals surface area contributed by atoms with Crippen molar-refractivity contribution >= 4 is 33.0 Å². The maximum atomic E-state index is 12.4. The summed E-state index contributed by atoms with van der Waals surface area (Å²) in [7, 11) is -3.32. The Bertz CT molecular complexity index is 2530. The van der Waals surface area contributed by atoms with Gasteiger partial charge in [-0.05, 0) is 76.2 Å². The Hall–Kier alpha value is -6.16. The van der Waals surface area contributed by atoms with Crippen LogP contribution in [0.25, 0.3) is 27.1 Å². The summed E-state index contributed by atoms with van der Waals surface area (Å²) in [6.45, 7) is 18.1. The van der Waals surface area contributed by atoms with E-state index in [4.69, 9.17) is 6.57 Å². The molecule has 1 amide bonds. The Balaban J connectivity index is 0.000000167. The Morgan fingerprint density at radius 2 is 1.30 bits per heavy atom. The number of aryl methyl sites for hydroxylation is 1. The molecular formula is C47H46N3O5S+. The zero-order valence-electron chi connectivity index (χ0n) is 32.8. The summed E-state index contributed by atoms with van der Waals surface area (Å²) in [4.78, 5) is 40.1. The van der Waals surface area contributed by atoms with Gasteiger partial charge in [0.25, 0.3) is 16.4 Å². The van der Waals surface area contributed by atoms with E-state index in [0.29, 0.717) is 6.42 Å². The molecule has 7 rings (SSSR count). The van der Waals surface area contributed by atoms with Crippen LogP contribution in [0.2, 0.25) is 0 Å². The third-order valence-corrected chi connectivity index (χ3v) is 11.1. The van der Waals surface area contributed by atoms with Gasteiger partial charge >= 0.3 is 5.88 Å². The summed E-state index contributed by atoms with van der Waals surface area (Å²) >= 11 is 0. The van der Waals surface area contributed by atoms with Crippen molar-refractivity contribution in [3.8, 4) is 34.9 Å². The van der Waals surface area contributed by atoms with Crippen molar-refractivity contribution in [2.75, 3.05) is 11.2 Å². The van der Waals surface area contributed by atoms with Gasteiger partial charge in [-0.1, -0.05) is 131 Å². The molecule has 0 bridgehead atoms. The second kappa shape index (κ2) is 16.3. The van der Waals surface area contributed by atoms with Crippen LogP contribution in [0.3, 0.4) is 0 Å². The lowest BCUT2D eigenvalue weighted by molar-refractivity contribution is -0.125. The van der Waals surface area contributed by atoms with Gasteiger partial charge in [-0.15, -0.1) is 0 Å². The minimum Gasteiger partial charge on any atom is -0.326 e. The van der Waals surface area contributed by atoms with Gasteiger partial charge in [0, 0.05) is 34.1 Å². The van der Waals surface area contributed by atoms with Crippen LogP contribution >= 0.6 is 0 Å². The zero-order valence-corrected chi connectivity index (χ0v) is 33.6. The lowest BCUT2D eigenvalue weighted by atomic mass is 9.86. The molecule has 0 fully saturated rings. The summed E-state index contributed by atoms with van der Waals surface area (Å²) < 4.78 is 22.7. The number of carbonyl (C=O) groups is 3. The van der Waals surface area contributed by atoms with Gasteiger partial charge in [-0.2, -0.15) is 5.26 Å². The zero-order chi connectivity index (χ0) is 41.0. The van der Waals surface area contributed by atoms with Crippen molar-refractivity contribution in [3.63, 3.8) is 0 Å². The average molecular weight is 765 g/mol. The standard InChI is InChI=1S/C19H18N2O.C19H18O2.C9H10NO2S/c1-19(2,3)18(22)21-12-8-9-15-13-6-4-5-7-14(13)17(11-20)16(15)10-12;1-19(2,3)17(20)11-12-8-9-14-13-6-4-5-7-15(13)18(21)16(14)10-12;1-8-3-5-9(6-4-8)13(11,12)7-10-2/h4-10,17H,1-3H3,(H,21,22);4-10H,11H2,1-3H3;2-6H,7H2,1H3/q;;+1. The van der Waals surface area contributed by atoms with Crippen molar-refractivity contribution in [2.24, 2.45) is 10.8 Å². The van der Waals surface area contributed by atoms with E-state index in [-0.39, 0.29) is 39.6 Å². The highest BCUT2D eigenvalue weighted by Crippen LogP contribution is 2.45. The first kappa shape index (κ1) is 41.0. The lowest BCUT2D eigenvalue weighted by Gasteiger charge is -2.18. The molecule has 1 atom stereocenters. The highest BCUT2D eigenvalue weighted by molar-refractivity contribution is 7.91. The second-order valence-corrected chi connectivity index (χ2v) is 18.0. The molecule has 5 aromatic rings. The van der Waals surface area contributed by atoms with Gasteiger partial charge in [0.05, 0.1) is 16.9 Å². The number of Topliss-reactive ketones (excluding diaryl/α,β-unsaturated/α-hetero) is 1. The molecule has 0 spiro atoms. The summed E-state index contributed by atoms with van der Waals surface area (Å²) in [5.74, 6) is -0.416. The molecular weight excluding hydrogens is 719 g/mol. The Kier molecular flexibility index (Phi) is 11.9. The summed E-state index contributed by atoms with van der Waals surface area (Å²) in [6, 6.07) is 36.2. The molecule has 2 aliphatic rings. The van der Waals surface area contributed by atoms with Crippen molar-refractivity contribution in [1.82, 2.24) is 0 Å². The number of nitrogens with one attached hydrogen (secondary N) is 1. The van der Waals surface area contributed by atoms with Crippen LogP contribution in [0, 0.1) is 35.7 Å². The third-order valence-electron chi connectivity index (χ3n) is 9.61. The van der Waals surface area contributed by atoms with Crippen LogP contribution in [0.4, 0.5) is 5.69 Å². The minimum absolute atomic E-state index is 0.0310. The van der Waals surface area contributed by atoms with E-state index in [1.807, 2.05) is 133 Å². The van der Waals surface area contributed by atoms with E-state index in [0.717, 1.165) is 61.3 Å². The number of carbonyl (C=O) groups excluding carboxylic acids is 3. The van der Waals surface area contributed by atoms with Crippen LogP contribution in [0.5, 0.6) is 0 Å². The maximum absolute atomic E-state index is 12.4. The molecule has 0 saturated carbocycles. The van der Waals surface area contributed by atoms with Gasteiger partial charge in [0.1, 0.15) is 5.78 Å². The van der Waals surface area contributed by atoms with Gasteiger partial charge < -0.3 is 5.32 Å². The summed E-state index contributed by atoms with van der Waals surface area (Å²) in [5, 5.41) is 12.5. The largest absolute Gasteiger partial charge is 0.364 e. The Morgan fingerprint density at radius 3 is 1.91 bits per heavy atom. The minimum atomic E-state index is -3.32. The van der Waals surface area contributed by atoms with E-state index in [1.165, 1.54) is 0 Å². The molecule has 1 N–H and O–H groups in total. The van der Waals surface area contributed by atoms with Gasteiger partial charge in [-0.3, -0.25) is 14.4 Å². The van der Waals surface area contributed by atoms with E-state index in [9.17, 15) is 28.1 Å². The van der Waals surface area contributed by atoms with Gasteiger partial charge in [0.15, 0.2) is 5.78 Å². The normalized spacial score (nSPS) is 13.5. The monoisotopic (exact) mass is 764 g/mol. The van der Waals surface area contributed by atoms with Crippen LogP contribution in [-0.2, 0) is 25.8 Å². The first-order valence-corrected chi connectivity index (χ1v) is 19.9. The van der Waals surface area contributed by atoms with Crippen LogP contribution in [0.15, 0.2) is 114 Å². The number of sulfone groups is 1. The number of hydrogen-bond acceptors (Lipinski definition) is 6. The highest BCUT2D eigenvalue weighted by atomic mass is 32.2. The third kappa shape index (κ3) is 9.03. The van der Waals surface area contributed by atoms with E-state index in [1.54, 1.807) is 24.3 Å². The molecule has 1 unspecified atom stereocenters. The van der Waals surface area contributed by atoms with Crippen molar-refractivity contribution in [1.29, 1.82) is 5.26 Å². The first-order chi connectivity index (χ1) is 26.3. The SMILES string of the molecule is C#[N+]CS(=O)(=O)c1ccc(C)cc1.CC(C)(C)C(=O)Cc1ccc2c(c1)C(=O)c1ccccc1-2.CC(C)(C)C(=O)Nc1ccc2c(c1)C(C#N)c1ccccc1-2. The van der Waals surface area contributed by atoms with Crippen LogP contribution in [-0.4, -0.2) is 31.8 Å². The maximum Gasteiger partial charge on any atom is 0.364 e. The van der Waals surface area contributed by atoms with Crippen molar-refractivity contribution in [3.05, 3.63) is 147 Å². The number of hydrogen-bond donors (Lipinski definition) is 1. The average Bonchev–Trinajstić information content (AvgIpc) is 3.62. The fourth-order valence-corrected chi connectivity index (χ4v) is 7.19. The lowest BCUT2D eigenvalue weighted by Crippen LogP contribution is -2.27. The van der Waals surface area contributed by atoms with E-state index >= 15 is 0 Å². The molecule has 2 aliphatic carbocycles. The number of rotatable bonds is 5. The number of benzene rings is 5. The number of nitrogens with zero attached hydrogens (tertiary/aromatic N) is 2. The molecule has 0 saturated heterocycles. The van der Waals surface area contributed by atoms with Gasteiger partial charge in [-0.25, -0.2) is 8.42 Å². The molecule has 0 heterocycles. The fourth-order valence-electron chi connectivity index (χ4n) is 6.30. The fraction of sp³-hybridized carbons (Fsp3) is 0.255. The molecule has 56 heavy (non-hydrogen) atoms. The number of fused-ring (bicyclic) bond motifs is 6. The molecule has 0 aromatic heterocycles. The molecule has 284 valence electrons. The quantitative estimate of drug-likeness (QED) is 0.186. The first-order valence-electron chi connectivity index (χ1n) is 18.3. The van der Waals surface area contributed by atoms with Crippen LogP contribution in [0.1, 0.15) is 85.6 Å². The van der Waals surface area contributed by atoms with Crippen molar-refractivity contribution < 1.29 is 22.8 Å². The molecule has 5 aromatic carbocycles. The Morgan fingerprint density at radius 1 is 0.732 bits per heavy atom. The predicted molar refractivity (Wildman–Crippen MR) is 222 cm³/mol. The second-order valence-electron chi connectivity index (χ2n) is 16.0. The number of ketones is 2. The van der Waals surface area contributed by atoms with Crippen LogP contribution < -0.4 is 5.32 Å². The number of anilines is 1. The molecule has 0 aliphatic heterocycles. The predicted octanol–water partition coefficient (Wildman–Crippen LogP) is 10.1. The highest BCUT2D eigenvalue weighted by Gasteiger charge is 2.30. The van der Waals surface area contributed by atoms with Crippen molar-refractivity contribution in [2.45, 2.75) is 65.7 Å².